The van der Waals surface area contributed by atoms with Crippen LogP contribution in [0.3, 0.4) is 0 Å². The summed E-state index contributed by atoms with van der Waals surface area (Å²) in [4.78, 5) is 11.1. The molecule has 0 aromatic heterocycles. The van der Waals surface area contributed by atoms with Crippen molar-refractivity contribution in [3.63, 3.8) is 0 Å². The van der Waals surface area contributed by atoms with Crippen molar-refractivity contribution in [2.75, 3.05) is 25.7 Å². The maximum atomic E-state index is 12.0. The molecule has 1 N–H and O–H groups in total. The molecule has 0 fully saturated rings. The molecule has 0 saturated carbocycles. The van der Waals surface area contributed by atoms with E-state index in [1.807, 2.05) is 32.0 Å². The van der Waals surface area contributed by atoms with Gasteiger partial charge in [0.05, 0.1) is 12.9 Å². The van der Waals surface area contributed by atoms with Crippen LogP contribution in [0.5, 0.6) is 0 Å². The molecule has 0 saturated heterocycles. The molecule has 0 aliphatic rings. The average molecular weight is 299 g/mol. The number of ether oxygens (including phenoxy) is 1. The Kier molecular flexibility index (Phi) is 5.71. The quantitative estimate of drug-likeness (QED) is 0.798. The number of carbonyl (C=O) groups excluding carboxylic acids is 1. The summed E-state index contributed by atoms with van der Waals surface area (Å²) in [5.74, 6) is -1.46. The summed E-state index contributed by atoms with van der Waals surface area (Å²) in [6, 6.07) is 5.48. The van der Waals surface area contributed by atoms with E-state index in [0.29, 0.717) is 0 Å². The standard InChI is InChI=1S/C14H21NO4S/c1-10-5-6-12(7-11(10)2)13(15-3)8-20(17,18)9-14(16)19-4/h5-7,13,15H,8-9H2,1-4H3. The summed E-state index contributed by atoms with van der Waals surface area (Å²) in [6.07, 6.45) is 0. The molecule has 6 heteroatoms. The van der Waals surface area contributed by atoms with Crippen molar-refractivity contribution in [1.29, 1.82) is 0 Å². The Bertz CT molecular complexity index is 581. The molecule has 0 spiro atoms. The van der Waals surface area contributed by atoms with E-state index in [1.54, 1.807) is 7.05 Å². The first kappa shape index (κ1) is 16.7. The Morgan fingerprint density at radius 1 is 1.30 bits per heavy atom. The summed E-state index contributed by atoms with van der Waals surface area (Å²) >= 11 is 0. The number of sulfone groups is 1. The van der Waals surface area contributed by atoms with Gasteiger partial charge in [-0.05, 0) is 37.6 Å². The van der Waals surface area contributed by atoms with Gasteiger partial charge in [-0.15, -0.1) is 0 Å². The van der Waals surface area contributed by atoms with E-state index in [1.165, 1.54) is 7.11 Å². The van der Waals surface area contributed by atoms with Crippen molar-refractivity contribution in [1.82, 2.24) is 5.32 Å². The Morgan fingerprint density at radius 3 is 2.45 bits per heavy atom. The van der Waals surface area contributed by atoms with Crippen LogP contribution in [0, 0.1) is 13.8 Å². The van der Waals surface area contributed by atoms with Crippen LogP contribution in [0.2, 0.25) is 0 Å². The van der Waals surface area contributed by atoms with E-state index in [4.69, 9.17) is 0 Å². The fourth-order valence-corrected chi connectivity index (χ4v) is 3.34. The number of hydrogen-bond acceptors (Lipinski definition) is 5. The molecule has 1 aromatic carbocycles. The van der Waals surface area contributed by atoms with Gasteiger partial charge in [0.1, 0.15) is 5.75 Å². The highest BCUT2D eigenvalue weighted by Crippen LogP contribution is 2.19. The molecule has 0 heterocycles. The van der Waals surface area contributed by atoms with Crippen molar-refractivity contribution in [2.24, 2.45) is 0 Å². The molecule has 0 bridgehead atoms. The fourth-order valence-electron chi connectivity index (χ4n) is 1.88. The minimum Gasteiger partial charge on any atom is -0.468 e. The number of methoxy groups -OCH3 is 1. The van der Waals surface area contributed by atoms with E-state index in [-0.39, 0.29) is 11.8 Å². The summed E-state index contributed by atoms with van der Waals surface area (Å²) in [6.45, 7) is 3.98. The number of hydrogen-bond donors (Lipinski definition) is 1. The molecule has 1 rings (SSSR count). The predicted molar refractivity (Wildman–Crippen MR) is 78.4 cm³/mol. The number of rotatable bonds is 6. The first-order valence-electron chi connectivity index (χ1n) is 6.30. The number of carbonyl (C=O) groups is 1. The van der Waals surface area contributed by atoms with E-state index in [9.17, 15) is 13.2 Å². The minimum absolute atomic E-state index is 0.138. The summed E-state index contributed by atoms with van der Waals surface area (Å²) in [5.41, 5.74) is 3.15. The van der Waals surface area contributed by atoms with Crippen molar-refractivity contribution >= 4 is 15.8 Å². The van der Waals surface area contributed by atoms with Gasteiger partial charge in [0.2, 0.25) is 0 Å². The topological polar surface area (TPSA) is 72.5 Å². The highest BCUT2D eigenvalue weighted by atomic mass is 32.2. The van der Waals surface area contributed by atoms with Gasteiger partial charge in [-0.3, -0.25) is 4.79 Å². The van der Waals surface area contributed by atoms with E-state index in [2.05, 4.69) is 10.1 Å². The number of benzene rings is 1. The average Bonchev–Trinajstić information content (AvgIpc) is 2.38. The lowest BCUT2D eigenvalue weighted by molar-refractivity contribution is -0.137. The number of nitrogens with one attached hydrogen (secondary N) is 1. The molecular weight excluding hydrogens is 278 g/mol. The Hall–Kier alpha value is -1.40. The Balaban J connectivity index is 2.91. The fraction of sp³-hybridized carbons (Fsp3) is 0.500. The summed E-state index contributed by atoms with van der Waals surface area (Å²) in [7, 11) is -0.633. The van der Waals surface area contributed by atoms with Gasteiger partial charge < -0.3 is 10.1 Å². The van der Waals surface area contributed by atoms with Gasteiger partial charge >= 0.3 is 5.97 Å². The third kappa shape index (κ3) is 4.61. The summed E-state index contributed by atoms with van der Waals surface area (Å²) in [5, 5.41) is 2.98. The molecule has 1 aromatic rings. The Morgan fingerprint density at radius 2 is 1.95 bits per heavy atom. The Labute approximate surface area is 120 Å². The lowest BCUT2D eigenvalue weighted by atomic mass is 10.0. The van der Waals surface area contributed by atoms with Gasteiger partial charge in [0.15, 0.2) is 9.84 Å². The second-order valence-electron chi connectivity index (χ2n) is 4.82. The molecule has 0 aliphatic carbocycles. The van der Waals surface area contributed by atoms with Crippen LogP contribution < -0.4 is 5.32 Å². The minimum atomic E-state index is -3.51. The van der Waals surface area contributed by atoms with Crippen molar-refractivity contribution in [3.8, 4) is 0 Å². The molecule has 0 aliphatic heterocycles. The van der Waals surface area contributed by atoms with E-state index >= 15 is 0 Å². The SMILES string of the molecule is CNC(CS(=O)(=O)CC(=O)OC)c1ccc(C)c(C)c1. The van der Waals surface area contributed by atoms with Crippen LogP contribution in [0.4, 0.5) is 0 Å². The molecular formula is C14H21NO4S. The number of aryl methyl sites for hydroxylation is 2. The highest BCUT2D eigenvalue weighted by Gasteiger charge is 2.23. The monoisotopic (exact) mass is 299 g/mol. The van der Waals surface area contributed by atoms with E-state index in [0.717, 1.165) is 16.7 Å². The maximum Gasteiger partial charge on any atom is 0.320 e. The predicted octanol–water partition coefficient (Wildman–Crippen LogP) is 1.15. The molecule has 1 atom stereocenters. The first-order valence-corrected chi connectivity index (χ1v) is 8.13. The largest absolute Gasteiger partial charge is 0.468 e. The molecule has 5 nitrogen and oxygen atoms in total. The third-order valence-corrected chi connectivity index (χ3v) is 4.78. The van der Waals surface area contributed by atoms with Crippen LogP contribution in [0.1, 0.15) is 22.7 Å². The zero-order chi connectivity index (χ0) is 15.3. The van der Waals surface area contributed by atoms with Gasteiger partial charge in [0, 0.05) is 6.04 Å². The van der Waals surface area contributed by atoms with Gasteiger partial charge in [-0.2, -0.15) is 0 Å². The lowest BCUT2D eigenvalue weighted by Gasteiger charge is -2.17. The van der Waals surface area contributed by atoms with Crippen molar-refractivity contribution < 1.29 is 17.9 Å². The lowest BCUT2D eigenvalue weighted by Crippen LogP contribution is -2.29. The van der Waals surface area contributed by atoms with Crippen molar-refractivity contribution in [2.45, 2.75) is 19.9 Å². The summed E-state index contributed by atoms with van der Waals surface area (Å²) < 4.78 is 28.3. The molecule has 0 radical (unpaired) electrons. The van der Waals surface area contributed by atoms with Crippen LogP contribution >= 0.6 is 0 Å². The second-order valence-corrected chi connectivity index (χ2v) is 6.92. The van der Waals surface area contributed by atoms with Crippen molar-refractivity contribution in [3.05, 3.63) is 34.9 Å². The van der Waals surface area contributed by atoms with Crippen LogP contribution in [0.25, 0.3) is 0 Å². The molecule has 112 valence electrons. The van der Waals surface area contributed by atoms with Crippen LogP contribution in [-0.4, -0.2) is 40.1 Å². The second kappa shape index (κ2) is 6.85. The molecule has 1 unspecified atom stereocenters. The van der Waals surface area contributed by atoms with Gasteiger partial charge in [-0.25, -0.2) is 8.42 Å². The normalized spacial score (nSPS) is 13.0. The van der Waals surface area contributed by atoms with Crippen LogP contribution in [0.15, 0.2) is 18.2 Å². The van der Waals surface area contributed by atoms with Crippen LogP contribution in [-0.2, 0) is 19.4 Å². The molecule has 0 amide bonds. The highest BCUT2D eigenvalue weighted by molar-refractivity contribution is 7.92. The number of esters is 1. The van der Waals surface area contributed by atoms with Gasteiger partial charge in [-0.1, -0.05) is 18.2 Å². The third-order valence-electron chi connectivity index (χ3n) is 3.27. The first-order chi connectivity index (χ1) is 9.29. The zero-order valence-corrected chi connectivity index (χ0v) is 13.1. The smallest absolute Gasteiger partial charge is 0.320 e. The maximum absolute atomic E-state index is 12.0. The zero-order valence-electron chi connectivity index (χ0n) is 12.3. The van der Waals surface area contributed by atoms with Gasteiger partial charge in [0.25, 0.3) is 0 Å². The van der Waals surface area contributed by atoms with E-state index < -0.39 is 21.6 Å². The molecule has 20 heavy (non-hydrogen) atoms.